The molecule has 0 aliphatic rings. The SMILES string of the molecule is C=N/C(C)=C\C(=C)C(=C)/C=C\C(=C)CC. The normalized spacial score (nSPS) is 11.5. The molecule has 0 heterocycles. The first-order chi connectivity index (χ1) is 7.01. The van der Waals surface area contributed by atoms with Crippen molar-refractivity contribution in [3.05, 3.63) is 60.4 Å². The molecule has 0 amide bonds. The number of nitrogens with zero attached hydrogens (tertiary/aromatic N) is 1. The summed E-state index contributed by atoms with van der Waals surface area (Å²) in [5, 5.41) is 0. The molecule has 0 rings (SSSR count). The summed E-state index contributed by atoms with van der Waals surface area (Å²) in [6.07, 6.45) is 6.67. The topological polar surface area (TPSA) is 12.4 Å². The molecular weight excluding hydrogens is 182 g/mol. The molecule has 80 valence electrons. The quantitative estimate of drug-likeness (QED) is 0.450. The van der Waals surface area contributed by atoms with Crippen LogP contribution >= 0.6 is 0 Å². The fraction of sp³-hybridized carbons (Fsp3) is 0.214. The van der Waals surface area contributed by atoms with Crippen molar-refractivity contribution in [1.82, 2.24) is 0 Å². The van der Waals surface area contributed by atoms with E-state index >= 15 is 0 Å². The average molecular weight is 201 g/mol. The van der Waals surface area contributed by atoms with E-state index < -0.39 is 0 Å². The van der Waals surface area contributed by atoms with E-state index in [1.54, 1.807) is 0 Å². The maximum atomic E-state index is 3.91. The highest BCUT2D eigenvalue weighted by molar-refractivity contribution is 5.45. The Morgan fingerprint density at radius 3 is 2.20 bits per heavy atom. The second-order valence-corrected chi connectivity index (χ2v) is 3.34. The Bertz CT molecular complexity index is 340. The smallest absolute Gasteiger partial charge is 0.0371 e. The largest absolute Gasteiger partial charge is 0.269 e. The van der Waals surface area contributed by atoms with E-state index in [1.807, 2.05) is 25.2 Å². The molecule has 0 saturated heterocycles. The summed E-state index contributed by atoms with van der Waals surface area (Å²) in [6, 6.07) is 0. The highest BCUT2D eigenvalue weighted by Crippen LogP contribution is 2.12. The van der Waals surface area contributed by atoms with E-state index in [2.05, 4.69) is 38.4 Å². The van der Waals surface area contributed by atoms with E-state index in [1.165, 1.54) is 0 Å². The van der Waals surface area contributed by atoms with Gasteiger partial charge in [0.05, 0.1) is 0 Å². The van der Waals surface area contributed by atoms with Gasteiger partial charge in [-0.25, -0.2) is 0 Å². The molecule has 0 atom stereocenters. The Hall–Kier alpha value is -1.63. The zero-order chi connectivity index (χ0) is 11.8. The van der Waals surface area contributed by atoms with Gasteiger partial charge in [0.2, 0.25) is 0 Å². The summed E-state index contributed by atoms with van der Waals surface area (Å²) in [7, 11) is 0. The lowest BCUT2D eigenvalue weighted by Crippen LogP contribution is -1.81. The van der Waals surface area contributed by atoms with Crippen molar-refractivity contribution in [1.29, 1.82) is 0 Å². The minimum Gasteiger partial charge on any atom is -0.269 e. The fourth-order valence-corrected chi connectivity index (χ4v) is 0.834. The van der Waals surface area contributed by atoms with E-state index in [-0.39, 0.29) is 0 Å². The van der Waals surface area contributed by atoms with Crippen LogP contribution in [0.15, 0.2) is 65.4 Å². The maximum absolute atomic E-state index is 3.91. The lowest BCUT2D eigenvalue weighted by atomic mass is 10.1. The van der Waals surface area contributed by atoms with Crippen molar-refractivity contribution in [3.8, 4) is 0 Å². The highest BCUT2D eigenvalue weighted by Gasteiger charge is 1.93. The minimum absolute atomic E-state index is 0.837. The molecule has 0 saturated carbocycles. The van der Waals surface area contributed by atoms with Crippen molar-refractivity contribution in [2.24, 2.45) is 4.99 Å². The van der Waals surface area contributed by atoms with Crippen LogP contribution in [0.3, 0.4) is 0 Å². The van der Waals surface area contributed by atoms with Crippen LogP contribution in [0.5, 0.6) is 0 Å². The summed E-state index contributed by atoms with van der Waals surface area (Å²) < 4.78 is 0. The first-order valence-corrected chi connectivity index (χ1v) is 4.90. The minimum atomic E-state index is 0.837. The second kappa shape index (κ2) is 6.77. The van der Waals surface area contributed by atoms with Gasteiger partial charge in [-0.15, -0.1) is 0 Å². The number of aliphatic imine (C=N–C) groups is 1. The molecule has 0 unspecified atom stereocenters. The third-order valence-corrected chi connectivity index (χ3v) is 2.02. The molecule has 0 aliphatic heterocycles. The molecule has 1 heteroatoms. The molecule has 0 aromatic heterocycles. The third kappa shape index (κ3) is 5.63. The maximum Gasteiger partial charge on any atom is 0.0371 e. The first-order valence-electron chi connectivity index (χ1n) is 4.90. The predicted octanol–water partition coefficient (Wildman–Crippen LogP) is 4.23. The van der Waals surface area contributed by atoms with Gasteiger partial charge in [0.15, 0.2) is 0 Å². The van der Waals surface area contributed by atoms with Gasteiger partial charge in [0, 0.05) is 5.70 Å². The van der Waals surface area contributed by atoms with Gasteiger partial charge in [0.1, 0.15) is 0 Å². The molecule has 0 aromatic rings. The summed E-state index contributed by atoms with van der Waals surface area (Å²) in [4.78, 5) is 3.79. The van der Waals surface area contributed by atoms with Crippen molar-refractivity contribution in [2.75, 3.05) is 0 Å². The van der Waals surface area contributed by atoms with E-state index in [4.69, 9.17) is 0 Å². The third-order valence-electron chi connectivity index (χ3n) is 2.02. The summed E-state index contributed by atoms with van der Waals surface area (Å²) >= 11 is 0. The molecular formula is C14H19N. The number of rotatable bonds is 6. The molecule has 0 spiro atoms. The Morgan fingerprint density at radius 2 is 1.73 bits per heavy atom. The Morgan fingerprint density at radius 1 is 1.13 bits per heavy atom. The van der Waals surface area contributed by atoms with Crippen LogP contribution in [0, 0.1) is 0 Å². The van der Waals surface area contributed by atoms with Gasteiger partial charge in [-0.2, -0.15) is 0 Å². The average Bonchev–Trinajstić information content (AvgIpc) is 2.24. The molecule has 0 N–H and O–H groups in total. The van der Waals surface area contributed by atoms with Crippen molar-refractivity contribution >= 4 is 6.72 Å². The van der Waals surface area contributed by atoms with E-state index in [0.29, 0.717) is 0 Å². The standard InChI is InChI=1S/C14H19N/c1-7-11(2)8-9-12(3)13(4)10-14(5)15-6/h8-10H,2-4,6-7H2,1,5H3/b9-8-,14-10-. The van der Waals surface area contributed by atoms with Crippen LogP contribution in [0.25, 0.3) is 0 Å². The Balaban J connectivity index is 4.48. The first kappa shape index (κ1) is 13.4. The zero-order valence-corrected chi connectivity index (χ0v) is 9.71. The van der Waals surface area contributed by atoms with Gasteiger partial charge in [-0.1, -0.05) is 44.4 Å². The van der Waals surface area contributed by atoms with Gasteiger partial charge in [-0.05, 0) is 37.3 Å². The van der Waals surface area contributed by atoms with Crippen molar-refractivity contribution in [3.63, 3.8) is 0 Å². The molecule has 15 heavy (non-hydrogen) atoms. The molecule has 0 bridgehead atoms. The number of hydrogen-bond donors (Lipinski definition) is 0. The van der Waals surface area contributed by atoms with Gasteiger partial charge in [0.25, 0.3) is 0 Å². The van der Waals surface area contributed by atoms with Crippen LogP contribution in [-0.2, 0) is 0 Å². The van der Waals surface area contributed by atoms with Crippen LogP contribution in [0.1, 0.15) is 20.3 Å². The van der Waals surface area contributed by atoms with E-state index in [9.17, 15) is 0 Å². The molecule has 0 aromatic carbocycles. The predicted molar refractivity (Wildman–Crippen MR) is 70.2 cm³/mol. The van der Waals surface area contributed by atoms with E-state index in [0.717, 1.165) is 28.8 Å². The Labute approximate surface area is 92.9 Å². The van der Waals surface area contributed by atoms with Crippen molar-refractivity contribution < 1.29 is 0 Å². The van der Waals surface area contributed by atoms with Gasteiger partial charge >= 0.3 is 0 Å². The highest BCUT2D eigenvalue weighted by atomic mass is 14.7. The summed E-state index contributed by atoms with van der Waals surface area (Å²) in [6.45, 7) is 19.1. The molecule has 0 aliphatic carbocycles. The lowest BCUT2D eigenvalue weighted by Gasteiger charge is -2.00. The van der Waals surface area contributed by atoms with Crippen LogP contribution in [-0.4, -0.2) is 6.72 Å². The van der Waals surface area contributed by atoms with Gasteiger partial charge in [-0.3, -0.25) is 4.99 Å². The monoisotopic (exact) mass is 201 g/mol. The zero-order valence-electron chi connectivity index (χ0n) is 9.71. The number of hydrogen-bond acceptors (Lipinski definition) is 1. The summed E-state index contributed by atoms with van der Waals surface area (Å²) in [5.41, 5.74) is 3.63. The molecule has 1 nitrogen and oxygen atoms in total. The second-order valence-electron chi connectivity index (χ2n) is 3.34. The lowest BCUT2D eigenvalue weighted by molar-refractivity contribution is 1.16. The summed E-state index contributed by atoms with van der Waals surface area (Å²) in [5.74, 6) is 0. The number of allylic oxidation sites excluding steroid dienone is 7. The van der Waals surface area contributed by atoms with Gasteiger partial charge < -0.3 is 0 Å². The molecule has 0 radical (unpaired) electrons. The van der Waals surface area contributed by atoms with Crippen LogP contribution in [0.2, 0.25) is 0 Å². The fourth-order valence-electron chi connectivity index (χ4n) is 0.834. The van der Waals surface area contributed by atoms with Crippen molar-refractivity contribution in [2.45, 2.75) is 20.3 Å². The Kier molecular flexibility index (Phi) is 6.03. The molecule has 0 fully saturated rings. The van der Waals surface area contributed by atoms with Crippen LogP contribution in [0.4, 0.5) is 0 Å². The van der Waals surface area contributed by atoms with Crippen LogP contribution < -0.4 is 0 Å².